The largest absolute Gasteiger partial charge is 0.381 e. The molecule has 0 saturated carbocycles. The Labute approximate surface area is 147 Å². The molecule has 3 nitrogen and oxygen atoms in total. The van der Waals surface area contributed by atoms with Crippen molar-refractivity contribution in [1.29, 1.82) is 0 Å². The summed E-state index contributed by atoms with van der Waals surface area (Å²) >= 11 is 1.27. The second-order valence-electron chi connectivity index (χ2n) is 6.66. The fraction of sp³-hybridized carbons (Fsp3) is 0.526. The highest BCUT2D eigenvalue weighted by molar-refractivity contribution is 7.10. The van der Waals surface area contributed by atoms with Crippen molar-refractivity contribution in [3.05, 3.63) is 52.2 Å². The van der Waals surface area contributed by atoms with Crippen LogP contribution in [0.4, 0.5) is 4.39 Å². The quantitative estimate of drug-likeness (QED) is 0.717. The zero-order valence-electron chi connectivity index (χ0n) is 14.2. The molecule has 3 heterocycles. The normalized spacial score (nSPS) is 21.4. The molecule has 1 aliphatic heterocycles. The smallest absolute Gasteiger partial charge is 0.176 e. The van der Waals surface area contributed by atoms with Crippen LogP contribution in [0, 0.1) is 10.5 Å². The van der Waals surface area contributed by atoms with Gasteiger partial charge in [-0.1, -0.05) is 6.07 Å². The minimum absolute atomic E-state index is 0.0894. The number of thiophene rings is 1. The third-order valence-corrected chi connectivity index (χ3v) is 5.72. The summed E-state index contributed by atoms with van der Waals surface area (Å²) in [6.07, 6.45) is 6.88. The Morgan fingerprint density at radius 1 is 1.38 bits per heavy atom. The number of nitrogens with zero attached hydrogens (tertiary/aromatic N) is 2. The molecule has 0 bridgehead atoms. The topological polar surface area (TPSA) is 25.4 Å². The molecule has 0 aromatic carbocycles. The maximum absolute atomic E-state index is 13.2. The van der Waals surface area contributed by atoms with Crippen molar-refractivity contribution in [3.8, 4) is 0 Å². The van der Waals surface area contributed by atoms with Crippen LogP contribution >= 0.6 is 11.3 Å². The van der Waals surface area contributed by atoms with Crippen LogP contribution in [-0.2, 0) is 17.7 Å². The predicted octanol–water partition coefficient (Wildman–Crippen LogP) is 4.14. The Bertz CT molecular complexity index is 633. The number of pyridine rings is 1. The van der Waals surface area contributed by atoms with Crippen molar-refractivity contribution in [1.82, 2.24) is 9.88 Å². The van der Waals surface area contributed by atoms with Gasteiger partial charge in [-0.15, -0.1) is 11.3 Å². The standard InChI is InChI=1S/C19H25FN2OS/c1-2-23-15-19(8-7-17-5-6-18(20)24-17)9-11-22(14-19)13-16-4-3-10-21-12-16/h3-6,10,12H,2,7-9,11,13-15H2,1H3. The third kappa shape index (κ3) is 4.62. The molecule has 5 heteroatoms. The molecule has 0 aliphatic carbocycles. The van der Waals surface area contributed by atoms with Crippen LogP contribution in [0.1, 0.15) is 30.2 Å². The van der Waals surface area contributed by atoms with Gasteiger partial charge in [-0.25, -0.2) is 0 Å². The van der Waals surface area contributed by atoms with Crippen LogP contribution in [0.15, 0.2) is 36.7 Å². The van der Waals surface area contributed by atoms with E-state index in [0.29, 0.717) is 0 Å². The Morgan fingerprint density at radius 3 is 3.00 bits per heavy atom. The van der Waals surface area contributed by atoms with Gasteiger partial charge in [0, 0.05) is 42.4 Å². The molecule has 1 unspecified atom stereocenters. The molecule has 3 rings (SSSR count). The van der Waals surface area contributed by atoms with Gasteiger partial charge in [0.05, 0.1) is 6.61 Å². The summed E-state index contributed by atoms with van der Waals surface area (Å²) in [7, 11) is 0. The van der Waals surface area contributed by atoms with Gasteiger partial charge in [-0.05, 0) is 56.5 Å². The van der Waals surface area contributed by atoms with Crippen molar-refractivity contribution in [2.75, 3.05) is 26.3 Å². The summed E-state index contributed by atoms with van der Waals surface area (Å²) < 4.78 is 19.0. The summed E-state index contributed by atoms with van der Waals surface area (Å²) in [5.41, 5.74) is 1.43. The van der Waals surface area contributed by atoms with E-state index in [0.717, 1.165) is 57.0 Å². The number of hydrogen-bond donors (Lipinski definition) is 0. The maximum Gasteiger partial charge on any atom is 0.176 e. The highest BCUT2D eigenvalue weighted by Gasteiger charge is 2.38. The van der Waals surface area contributed by atoms with Crippen molar-refractivity contribution >= 4 is 11.3 Å². The SMILES string of the molecule is CCOCC1(CCc2ccc(F)s2)CCN(Cc2cccnc2)C1. The first kappa shape index (κ1) is 17.5. The fourth-order valence-corrected chi connectivity index (χ4v) is 4.23. The molecule has 2 aromatic heterocycles. The van der Waals surface area contributed by atoms with E-state index in [1.165, 1.54) is 16.9 Å². The lowest BCUT2D eigenvalue weighted by molar-refractivity contribution is 0.0490. The minimum Gasteiger partial charge on any atom is -0.381 e. The second-order valence-corrected chi connectivity index (χ2v) is 7.78. The highest BCUT2D eigenvalue weighted by atomic mass is 32.1. The molecule has 2 aromatic rings. The molecule has 1 saturated heterocycles. The minimum atomic E-state index is -0.0894. The number of hydrogen-bond acceptors (Lipinski definition) is 4. The Hall–Kier alpha value is -1.30. The first-order valence-corrected chi connectivity index (χ1v) is 9.44. The summed E-state index contributed by atoms with van der Waals surface area (Å²) in [5.74, 6) is 0. The summed E-state index contributed by atoms with van der Waals surface area (Å²) in [6, 6.07) is 7.60. The Kier molecular flexibility index (Phi) is 5.98. The van der Waals surface area contributed by atoms with Gasteiger partial charge in [0.15, 0.2) is 5.13 Å². The van der Waals surface area contributed by atoms with Gasteiger partial charge in [0.1, 0.15) is 0 Å². The molecular formula is C19H25FN2OS. The van der Waals surface area contributed by atoms with Crippen molar-refractivity contribution in [3.63, 3.8) is 0 Å². The average Bonchev–Trinajstić information content (AvgIpc) is 3.19. The lowest BCUT2D eigenvalue weighted by Gasteiger charge is -2.29. The van der Waals surface area contributed by atoms with Crippen LogP contribution in [0.5, 0.6) is 0 Å². The molecular weight excluding hydrogens is 323 g/mol. The summed E-state index contributed by atoms with van der Waals surface area (Å²) in [4.78, 5) is 7.83. The van der Waals surface area contributed by atoms with Crippen LogP contribution in [0.2, 0.25) is 0 Å². The van der Waals surface area contributed by atoms with E-state index >= 15 is 0 Å². The molecule has 1 fully saturated rings. The van der Waals surface area contributed by atoms with Gasteiger partial charge in [-0.2, -0.15) is 4.39 Å². The molecule has 0 spiro atoms. The van der Waals surface area contributed by atoms with Gasteiger partial charge in [-0.3, -0.25) is 9.88 Å². The van der Waals surface area contributed by atoms with Crippen molar-refractivity contribution in [2.24, 2.45) is 5.41 Å². The van der Waals surface area contributed by atoms with E-state index in [2.05, 4.69) is 16.0 Å². The number of aromatic nitrogens is 1. The number of likely N-dealkylation sites (tertiary alicyclic amines) is 1. The maximum atomic E-state index is 13.2. The van der Waals surface area contributed by atoms with Gasteiger partial charge in [0.25, 0.3) is 0 Å². The molecule has 130 valence electrons. The van der Waals surface area contributed by atoms with E-state index in [4.69, 9.17) is 4.74 Å². The molecule has 1 aliphatic rings. The van der Waals surface area contributed by atoms with E-state index in [1.807, 2.05) is 31.5 Å². The van der Waals surface area contributed by atoms with E-state index in [1.54, 1.807) is 6.07 Å². The fourth-order valence-electron chi connectivity index (χ4n) is 3.50. The van der Waals surface area contributed by atoms with E-state index < -0.39 is 0 Å². The first-order valence-electron chi connectivity index (χ1n) is 8.62. The molecule has 1 atom stereocenters. The first-order chi connectivity index (χ1) is 11.7. The lowest BCUT2D eigenvalue weighted by Crippen LogP contribution is -2.32. The molecule has 0 amide bonds. The van der Waals surface area contributed by atoms with Crippen LogP contribution in [0.25, 0.3) is 0 Å². The van der Waals surface area contributed by atoms with Gasteiger partial charge < -0.3 is 4.74 Å². The Morgan fingerprint density at radius 2 is 2.29 bits per heavy atom. The van der Waals surface area contributed by atoms with Crippen LogP contribution in [-0.4, -0.2) is 36.2 Å². The number of halogens is 1. The van der Waals surface area contributed by atoms with E-state index in [-0.39, 0.29) is 10.5 Å². The van der Waals surface area contributed by atoms with Crippen LogP contribution in [0.3, 0.4) is 0 Å². The van der Waals surface area contributed by atoms with Crippen molar-refractivity contribution in [2.45, 2.75) is 32.7 Å². The average molecular weight is 348 g/mol. The summed E-state index contributed by atoms with van der Waals surface area (Å²) in [5, 5.41) is -0.0894. The Balaban J connectivity index is 1.61. The summed E-state index contributed by atoms with van der Waals surface area (Å²) in [6.45, 7) is 6.65. The molecule has 24 heavy (non-hydrogen) atoms. The predicted molar refractivity (Wildman–Crippen MR) is 95.7 cm³/mol. The van der Waals surface area contributed by atoms with Crippen LogP contribution < -0.4 is 0 Å². The highest BCUT2D eigenvalue weighted by Crippen LogP contribution is 2.37. The zero-order chi connectivity index (χ0) is 16.8. The van der Waals surface area contributed by atoms with Crippen molar-refractivity contribution < 1.29 is 9.13 Å². The lowest BCUT2D eigenvalue weighted by atomic mass is 9.83. The number of aryl methyl sites for hydroxylation is 1. The van der Waals surface area contributed by atoms with Gasteiger partial charge in [0.2, 0.25) is 0 Å². The number of rotatable bonds is 8. The van der Waals surface area contributed by atoms with E-state index in [9.17, 15) is 4.39 Å². The molecule has 0 N–H and O–H groups in total. The zero-order valence-corrected chi connectivity index (χ0v) is 15.0. The van der Waals surface area contributed by atoms with Gasteiger partial charge >= 0.3 is 0 Å². The molecule has 0 radical (unpaired) electrons. The monoisotopic (exact) mass is 348 g/mol. The third-order valence-electron chi connectivity index (χ3n) is 4.79. The number of ether oxygens (including phenoxy) is 1. The second kappa shape index (κ2) is 8.19.